The molecule has 142 valence electrons. The van der Waals surface area contributed by atoms with Gasteiger partial charge in [0.25, 0.3) is 5.91 Å². The molecular formula is C23H15ClN2O2S. The van der Waals surface area contributed by atoms with E-state index in [0.717, 1.165) is 38.8 Å². The molecule has 2 aromatic heterocycles. The van der Waals surface area contributed by atoms with Crippen LogP contribution in [0.4, 0.5) is 5.13 Å². The number of nitrogens with zero attached hydrogens (tertiary/aromatic N) is 1. The first kappa shape index (κ1) is 17.9. The lowest BCUT2D eigenvalue weighted by atomic mass is 10.1. The third kappa shape index (κ3) is 3.62. The second-order valence-electron chi connectivity index (χ2n) is 6.70. The van der Waals surface area contributed by atoms with Crippen LogP contribution < -0.4 is 5.32 Å². The Morgan fingerprint density at radius 3 is 2.66 bits per heavy atom. The molecule has 0 bridgehead atoms. The van der Waals surface area contributed by atoms with E-state index < -0.39 is 0 Å². The van der Waals surface area contributed by atoms with Crippen molar-refractivity contribution in [2.45, 2.75) is 6.42 Å². The molecule has 4 nitrogen and oxygen atoms in total. The molecule has 5 rings (SSSR count). The standard InChI is InChI=1S/C23H15ClN2O2S/c24-16-8-5-14(6-9-16)11-17-13-25-23(29-17)26-22(27)15-7-10-21-19(12-15)18-3-1-2-4-20(18)28-21/h1-10,12-13H,11H2,(H,25,26,27). The largest absolute Gasteiger partial charge is 0.456 e. The number of rotatable bonds is 4. The number of anilines is 1. The third-order valence-electron chi connectivity index (χ3n) is 4.70. The molecule has 3 aromatic carbocycles. The van der Waals surface area contributed by atoms with E-state index in [1.807, 2.05) is 60.7 Å². The highest BCUT2D eigenvalue weighted by Crippen LogP contribution is 2.29. The molecule has 0 saturated heterocycles. The number of carbonyl (C=O) groups excluding carboxylic acids is 1. The van der Waals surface area contributed by atoms with Crippen LogP contribution in [0.3, 0.4) is 0 Å². The van der Waals surface area contributed by atoms with Crippen LogP contribution in [0.1, 0.15) is 20.8 Å². The molecule has 1 N–H and O–H groups in total. The summed E-state index contributed by atoms with van der Waals surface area (Å²) in [7, 11) is 0. The number of furan rings is 1. The van der Waals surface area contributed by atoms with E-state index in [1.54, 1.807) is 12.3 Å². The van der Waals surface area contributed by atoms with Gasteiger partial charge in [-0.2, -0.15) is 0 Å². The molecule has 1 amide bonds. The molecule has 29 heavy (non-hydrogen) atoms. The fraction of sp³-hybridized carbons (Fsp3) is 0.0435. The predicted octanol–water partition coefficient (Wildman–Crippen LogP) is 6.54. The average molecular weight is 419 g/mol. The van der Waals surface area contributed by atoms with Crippen molar-refractivity contribution in [2.24, 2.45) is 0 Å². The number of benzene rings is 3. The number of hydrogen-bond donors (Lipinski definition) is 1. The first-order valence-corrected chi connectivity index (χ1v) is 10.3. The van der Waals surface area contributed by atoms with Gasteiger partial charge in [-0.1, -0.05) is 41.9 Å². The van der Waals surface area contributed by atoms with Crippen LogP contribution in [0.5, 0.6) is 0 Å². The fourth-order valence-corrected chi connectivity index (χ4v) is 4.25. The van der Waals surface area contributed by atoms with Crippen molar-refractivity contribution < 1.29 is 9.21 Å². The van der Waals surface area contributed by atoms with Crippen molar-refractivity contribution in [1.29, 1.82) is 0 Å². The van der Waals surface area contributed by atoms with E-state index in [1.165, 1.54) is 11.3 Å². The molecule has 0 aliphatic carbocycles. The van der Waals surface area contributed by atoms with Gasteiger partial charge in [-0.3, -0.25) is 10.1 Å². The van der Waals surface area contributed by atoms with Crippen LogP contribution in [0, 0.1) is 0 Å². The SMILES string of the molecule is O=C(Nc1ncc(Cc2ccc(Cl)cc2)s1)c1ccc2oc3ccccc3c2c1. The molecule has 2 heterocycles. The Morgan fingerprint density at radius 1 is 1.00 bits per heavy atom. The quantitative estimate of drug-likeness (QED) is 0.360. The number of carbonyl (C=O) groups is 1. The zero-order valence-electron chi connectivity index (χ0n) is 15.2. The lowest BCUT2D eigenvalue weighted by Crippen LogP contribution is -2.11. The Bertz CT molecular complexity index is 1340. The minimum absolute atomic E-state index is 0.190. The summed E-state index contributed by atoms with van der Waals surface area (Å²) < 4.78 is 5.82. The second-order valence-corrected chi connectivity index (χ2v) is 8.25. The molecule has 5 aromatic rings. The Balaban J connectivity index is 1.35. The maximum atomic E-state index is 12.7. The van der Waals surface area contributed by atoms with Gasteiger partial charge in [0.15, 0.2) is 5.13 Å². The molecule has 0 atom stereocenters. The lowest BCUT2D eigenvalue weighted by Gasteiger charge is -2.02. The summed E-state index contributed by atoms with van der Waals surface area (Å²) in [6, 6.07) is 21.0. The van der Waals surface area contributed by atoms with E-state index >= 15 is 0 Å². The van der Waals surface area contributed by atoms with Crippen LogP contribution >= 0.6 is 22.9 Å². The zero-order valence-corrected chi connectivity index (χ0v) is 16.8. The van der Waals surface area contributed by atoms with E-state index in [2.05, 4.69) is 10.3 Å². The van der Waals surface area contributed by atoms with E-state index in [9.17, 15) is 4.79 Å². The van der Waals surface area contributed by atoms with Gasteiger partial charge >= 0.3 is 0 Å². The van der Waals surface area contributed by atoms with E-state index in [4.69, 9.17) is 16.0 Å². The zero-order chi connectivity index (χ0) is 19.8. The van der Waals surface area contributed by atoms with Crippen LogP contribution in [-0.4, -0.2) is 10.9 Å². The average Bonchev–Trinajstić information content (AvgIpc) is 3.33. The smallest absolute Gasteiger partial charge is 0.257 e. The summed E-state index contributed by atoms with van der Waals surface area (Å²) in [5.41, 5.74) is 3.29. The summed E-state index contributed by atoms with van der Waals surface area (Å²) in [6.07, 6.45) is 2.54. The first-order valence-electron chi connectivity index (χ1n) is 9.07. The van der Waals surface area contributed by atoms with Gasteiger partial charge in [-0.15, -0.1) is 11.3 Å². The molecule has 0 aliphatic heterocycles. The minimum Gasteiger partial charge on any atom is -0.456 e. The number of aromatic nitrogens is 1. The third-order valence-corrected chi connectivity index (χ3v) is 5.87. The highest BCUT2D eigenvalue weighted by atomic mass is 35.5. The summed E-state index contributed by atoms with van der Waals surface area (Å²) in [4.78, 5) is 18.1. The summed E-state index contributed by atoms with van der Waals surface area (Å²) in [5, 5.41) is 6.11. The van der Waals surface area contributed by atoms with Gasteiger partial charge in [0.05, 0.1) is 0 Å². The Hall–Kier alpha value is -3.15. The molecule has 0 saturated carbocycles. The molecule has 0 fully saturated rings. The molecule has 0 aliphatic rings. The van der Waals surface area contributed by atoms with E-state index in [0.29, 0.717) is 15.7 Å². The number of fused-ring (bicyclic) bond motifs is 3. The van der Waals surface area contributed by atoms with Crippen molar-refractivity contribution in [3.63, 3.8) is 0 Å². The maximum absolute atomic E-state index is 12.7. The topological polar surface area (TPSA) is 55.1 Å². The van der Waals surface area contributed by atoms with Gasteiger partial charge in [0.2, 0.25) is 0 Å². The number of para-hydroxylation sites is 1. The van der Waals surface area contributed by atoms with Crippen molar-refractivity contribution in [1.82, 2.24) is 4.98 Å². The highest BCUT2D eigenvalue weighted by molar-refractivity contribution is 7.15. The van der Waals surface area contributed by atoms with E-state index in [-0.39, 0.29) is 5.91 Å². The molecule has 0 spiro atoms. The predicted molar refractivity (Wildman–Crippen MR) is 118 cm³/mol. The lowest BCUT2D eigenvalue weighted by molar-refractivity contribution is 0.102. The van der Waals surface area contributed by atoms with Gasteiger partial charge in [-0.25, -0.2) is 4.98 Å². The van der Waals surface area contributed by atoms with Gasteiger partial charge in [0.1, 0.15) is 11.2 Å². The van der Waals surface area contributed by atoms with Crippen molar-refractivity contribution in [3.05, 3.63) is 94.0 Å². The Labute approximate surface area is 175 Å². The van der Waals surface area contributed by atoms with Crippen LogP contribution in [-0.2, 0) is 6.42 Å². The molecule has 0 radical (unpaired) electrons. The van der Waals surface area contributed by atoms with Gasteiger partial charge in [-0.05, 0) is 42.0 Å². The number of nitrogens with one attached hydrogen (secondary N) is 1. The summed E-state index contributed by atoms with van der Waals surface area (Å²) in [6.45, 7) is 0. The van der Waals surface area contributed by atoms with Crippen molar-refractivity contribution in [2.75, 3.05) is 5.32 Å². The Kier molecular flexibility index (Phi) is 4.54. The monoisotopic (exact) mass is 418 g/mol. The van der Waals surface area contributed by atoms with Gasteiger partial charge in [0, 0.05) is 38.9 Å². The van der Waals surface area contributed by atoms with Crippen molar-refractivity contribution in [3.8, 4) is 0 Å². The number of amides is 1. The summed E-state index contributed by atoms with van der Waals surface area (Å²) in [5.74, 6) is -0.190. The van der Waals surface area contributed by atoms with Crippen LogP contribution in [0.25, 0.3) is 21.9 Å². The highest BCUT2D eigenvalue weighted by Gasteiger charge is 2.13. The van der Waals surface area contributed by atoms with Crippen LogP contribution in [0.15, 0.2) is 77.3 Å². The minimum atomic E-state index is -0.190. The number of hydrogen-bond acceptors (Lipinski definition) is 4. The maximum Gasteiger partial charge on any atom is 0.257 e. The second kappa shape index (κ2) is 7.35. The summed E-state index contributed by atoms with van der Waals surface area (Å²) >= 11 is 7.40. The van der Waals surface area contributed by atoms with Crippen LogP contribution in [0.2, 0.25) is 5.02 Å². The molecule has 6 heteroatoms. The number of halogens is 1. The number of thiazole rings is 1. The molecule has 0 unspecified atom stereocenters. The normalized spacial score (nSPS) is 11.2. The first-order chi connectivity index (χ1) is 14.2. The molecular weight excluding hydrogens is 404 g/mol. The Morgan fingerprint density at radius 2 is 1.79 bits per heavy atom. The fourth-order valence-electron chi connectivity index (χ4n) is 3.29. The van der Waals surface area contributed by atoms with Crippen molar-refractivity contribution >= 4 is 55.9 Å². The van der Waals surface area contributed by atoms with Gasteiger partial charge < -0.3 is 4.42 Å².